The summed E-state index contributed by atoms with van der Waals surface area (Å²) in [6.07, 6.45) is -2.49. The van der Waals surface area contributed by atoms with E-state index in [-0.39, 0.29) is 49.1 Å². The Balaban J connectivity index is 1.33. The van der Waals surface area contributed by atoms with Crippen LogP contribution in [0.2, 0.25) is 5.02 Å². The molecule has 0 bridgehead atoms. The highest BCUT2D eigenvalue weighted by Crippen LogP contribution is 2.45. The first-order chi connectivity index (χ1) is 23.0. The first kappa shape index (κ1) is 35.4. The van der Waals surface area contributed by atoms with Crippen LogP contribution in [0, 0.1) is 0 Å². The van der Waals surface area contributed by atoms with Gasteiger partial charge >= 0.3 is 12.1 Å². The van der Waals surface area contributed by atoms with Crippen LogP contribution in [0.3, 0.4) is 0 Å². The predicted molar refractivity (Wildman–Crippen MR) is 177 cm³/mol. The lowest BCUT2D eigenvalue weighted by molar-refractivity contribution is -0.272. The minimum Gasteiger partial charge on any atom is -0.493 e. The number of fused-ring (bicyclic) bond motifs is 1. The SMILES string of the molecule is CCOC(=O)CCc1cc(OC)c(OC2CCN(CC(O)(c3cn(Cc4ccccc4)c4c(Cl)cccc34)C(F)(F)F)CC2)c(OC)c1. The lowest BCUT2D eigenvalue weighted by Gasteiger charge is -2.39. The summed E-state index contributed by atoms with van der Waals surface area (Å²) >= 11 is 6.53. The minimum absolute atomic E-state index is 0.198. The lowest BCUT2D eigenvalue weighted by atomic mass is 9.91. The summed E-state index contributed by atoms with van der Waals surface area (Å²) < 4.78 is 68.9. The average Bonchev–Trinajstić information content (AvgIpc) is 3.44. The number of nitrogens with zero attached hydrogens (tertiary/aromatic N) is 2. The van der Waals surface area contributed by atoms with Gasteiger partial charge in [0.05, 0.1) is 31.4 Å². The molecule has 0 amide bonds. The van der Waals surface area contributed by atoms with Crippen LogP contribution in [-0.4, -0.2) is 73.3 Å². The Morgan fingerprint density at radius 1 is 0.979 bits per heavy atom. The van der Waals surface area contributed by atoms with E-state index in [1.165, 1.54) is 20.4 Å². The van der Waals surface area contributed by atoms with Crippen LogP contribution in [0.4, 0.5) is 13.2 Å². The maximum absolute atomic E-state index is 14.9. The third-order valence-corrected chi connectivity index (χ3v) is 8.98. The number of methoxy groups -OCH3 is 2. The number of carbonyl (C=O) groups is 1. The number of carbonyl (C=O) groups excluding carboxylic acids is 1. The number of benzene rings is 3. The van der Waals surface area contributed by atoms with Gasteiger partial charge in [0.15, 0.2) is 11.5 Å². The van der Waals surface area contributed by atoms with Crippen molar-refractivity contribution in [1.82, 2.24) is 9.47 Å². The number of rotatable bonds is 13. The van der Waals surface area contributed by atoms with Gasteiger partial charge in [0, 0.05) is 49.7 Å². The molecule has 0 saturated carbocycles. The molecule has 3 aromatic carbocycles. The molecule has 8 nitrogen and oxygen atoms in total. The largest absolute Gasteiger partial charge is 0.493 e. The van der Waals surface area contributed by atoms with Crippen LogP contribution in [-0.2, 0) is 28.1 Å². The van der Waals surface area contributed by atoms with Gasteiger partial charge in [0.1, 0.15) is 6.10 Å². The van der Waals surface area contributed by atoms with Gasteiger partial charge in [-0.1, -0.05) is 54.1 Å². The maximum atomic E-state index is 14.9. The van der Waals surface area contributed by atoms with E-state index in [4.69, 9.17) is 30.5 Å². The Labute approximate surface area is 282 Å². The second-order valence-electron chi connectivity index (χ2n) is 11.9. The van der Waals surface area contributed by atoms with Crippen molar-refractivity contribution in [2.45, 2.75) is 57.0 Å². The monoisotopic (exact) mass is 688 g/mol. The highest BCUT2D eigenvalue weighted by atomic mass is 35.5. The van der Waals surface area contributed by atoms with Crippen LogP contribution in [0.5, 0.6) is 17.2 Å². The van der Waals surface area contributed by atoms with Crippen molar-refractivity contribution in [3.05, 3.63) is 88.6 Å². The fraction of sp³-hybridized carbons (Fsp3) is 0.417. The molecular weight excluding hydrogens is 649 g/mol. The lowest BCUT2D eigenvalue weighted by Crippen LogP contribution is -2.53. The smallest absolute Gasteiger partial charge is 0.422 e. The van der Waals surface area contributed by atoms with Crippen molar-refractivity contribution in [2.75, 3.05) is 40.5 Å². The molecule has 0 spiro atoms. The van der Waals surface area contributed by atoms with E-state index in [1.807, 2.05) is 30.3 Å². The van der Waals surface area contributed by atoms with Crippen molar-refractivity contribution >= 4 is 28.5 Å². The number of aryl methyl sites for hydroxylation is 1. The summed E-state index contributed by atoms with van der Waals surface area (Å²) in [5, 5.41) is 12.1. The summed E-state index contributed by atoms with van der Waals surface area (Å²) in [5.41, 5.74) is -1.27. The van der Waals surface area contributed by atoms with Crippen LogP contribution in [0.15, 0.2) is 66.9 Å². The fourth-order valence-electron chi connectivity index (χ4n) is 6.23. The molecule has 48 heavy (non-hydrogen) atoms. The van der Waals surface area contributed by atoms with Crippen LogP contribution < -0.4 is 14.2 Å². The van der Waals surface area contributed by atoms with Gasteiger partial charge in [0.2, 0.25) is 11.4 Å². The summed E-state index contributed by atoms with van der Waals surface area (Å²) in [7, 11) is 3.00. The number of para-hydroxylation sites is 1. The molecule has 1 N–H and O–H groups in total. The van der Waals surface area contributed by atoms with Crippen LogP contribution in [0.25, 0.3) is 10.9 Å². The van der Waals surface area contributed by atoms with E-state index in [2.05, 4.69) is 0 Å². The van der Waals surface area contributed by atoms with Gasteiger partial charge in [-0.3, -0.25) is 9.69 Å². The molecule has 0 radical (unpaired) electrons. The first-order valence-electron chi connectivity index (χ1n) is 15.9. The van der Waals surface area contributed by atoms with E-state index in [0.717, 1.165) is 11.1 Å². The fourth-order valence-corrected chi connectivity index (χ4v) is 6.51. The predicted octanol–water partition coefficient (Wildman–Crippen LogP) is 7.15. The zero-order chi connectivity index (χ0) is 34.5. The molecule has 12 heteroatoms. The molecule has 1 unspecified atom stereocenters. The summed E-state index contributed by atoms with van der Waals surface area (Å²) in [6.45, 7) is 2.21. The van der Waals surface area contributed by atoms with Crippen molar-refractivity contribution in [2.24, 2.45) is 0 Å². The first-order valence-corrected chi connectivity index (χ1v) is 16.3. The number of aliphatic hydroxyl groups is 1. The number of β-amino-alcohol motifs (C(OH)–C–C–N with tert-alkyl or cyclic N) is 1. The molecule has 258 valence electrons. The van der Waals surface area contributed by atoms with E-state index in [9.17, 15) is 23.1 Å². The Kier molecular flexibility index (Phi) is 11.1. The Morgan fingerprint density at radius 2 is 1.65 bits per heavy atom. The Hall–Kier alpha value is -3.93. The van der Waals surface area contributed by atoms with Crippen molar-refractivity contribution in [3.63, 3.8) is 0 Å². The standard InChI is InChI=1S/C36H40ClF3N2O6/c1-4-47-32(43)14-13-25-19-30(45-2)34(31(20-25)46-3)48-26-15-17-41(18-16-26)23-35(44,36(38,39)40)28-22-42(21-24-9-6-5-7-10-24)33-27(28)11-8-12-29(33)37/h5-12,19-20,22,26,44H,4,13-18,21,23H2,1-3H3. The zero-order valence-electron chi connectivity index (χ0n) is 27.2. The molecule has 4 aromatic rings. The second-order valence-corrected chi connectivity index (χ2v) is 12.3. The minimum atomic E-state index is -4.97. The van der Waals surface area contributed by atoms with E-state index in [0.29, 0.717) is 53.7 Å². The number of hydrogen-bond donors (Lipinski definition) is 1. The highest BCUT2D eigenvalue weighted by molar-refractivity contribution is 6.35. The molecule has 1 saturated heterocycles. The van der Waals surface area contributed by atoms with Gasteiger partial charge in [-0.2, -0.15) is 13.2 Å². The van der Waals surface area contributed by atoms with Crippen molar-refractivity contribution in [3.8, 4) is 17.2 Å². The molecule has 2 heterocycles. The summed E-state index contributed by atoms with van der Waals surface area (Å²) in [6, 6.07) is 17.7. The second kappa shape index (κ2) is 15.1. The van der Waals surface area contributed by atoms with Crippen molar-refractivity contribution < 1.29 is 42.0 Å². The van der Waals surface area contributed by atoms with Gasteiger partial charge < -0.3 is 28.6 Å². The number of aromatic nitrogens is 1. The molecular formula is C36H40ClF3N2O6. The molecule has 0 aliphatic carbocycles. The number of likely N-dealkylation sites (tertiary alicyclic amines) is 1. The molecule has 1 fully saturated rings. The Bertz CT molecular complexity index is 1680. The molecule has 1 aliphatic rings. The van der Waals surface area contributed by atoms with E-state index < -0.39 is 18.3 Å². The molecule has 1 aromatic heterocycles. The quantitative estimate of drug-likeness (QED) is 0.150. The number of esters is 1. The summed E-state index contributed by atoms with van der Waals surface area (Å²) in [5.74, 6) is 0.926. The van der Waals surface area contributed by atoms with E-state index in [1.54, 1.807) is 46.7 Å². The molecule has 1 aliphatic heterocycles. The number of hydrogen-bond acceptors (Lipinski definition) is 7. The highest BCUT2D eigenvalue weighted by Gasteiger charge is 2.57. The normalized spacial score (nSPS) is 15.7. The van der Waals surface area contributed by atoms with Gasteiger partial charge in [0.25, 0.3) is 0 Å². The zero-order valence-corrected chi connectivity index (χ0v) is 27.9. The van der Waals surface area contributed by atoms with Gasteiger partial charge in [-0.05, 0) is 55.5 Å². The van der Waals surface area contributed by atoms with E-state index >= 15 is 0 Å². The van der Waals surface area contributed by atoms with Gasteiger partial charge in [-0.25, -0.2) is 0 Å². The topological polar surface area (TPSA) is 82.4 Å². The summed E-state index contributed by atoms with van der Waals surface area (Å²) in [4.78, 5) is 13.5. The van der Waals surface area contributed by atoms with Gasteiger partial charge in [-0.15, -0.1) is 0 Å². The van der Waals surface area contributed by atoms with Crippen molar-refractivity contribution in [1.29, 1.82) is 0 Å². The number of alkyl halides is 3. The third-order valence-electron chi connectivity index (χ3n) is 8.67. The molecule has 5 rings (SSSR count). The third kappa shape index (κ3) is 7.69. The van der Waals surface area contributed by atoms with Crippen LogP contribution in [0.1, 0.15) is 42.9 Å². The van der Waals surface area contributed by atoms with Crippen LogP contribution >= 0.6 is 11.6 Å². The average molecular weight is 689 g/mol. The molecule has 1 atom stereocenters. The number of halogens is 4. The Morgan fingerprint density at radius 3 is 2.25 bits per heavy atom. The maximum Gasteiger partial charge on any atom is 0.422 e. The number of ether oxygens (including phenoxy) is 4. The number of piperidine rings is 1.